The Morgan fingerprint density at radius 1 is 0.875 bits per heavy atom. The lowest BCUT2D eigenvalue weighted by Gasteiger charge is -2.16. The fraction of sp³-hybridized carbons (Fsp3) is 0.200. The van der Waals surface area contributed by atoms with Crippen LogP contribution in [0.15, 0.2) is 83.3 Å². The molecule has 0 saturated carbocycles. The van der Waals surface area contributed by atoms with Gasteiger partial charge in [0.05, 0.1) is 0 Å². The monoisotopic (exact) mass is 440 g/mol. The zero-order valence-corrected chi connectivity index (χ0v) is 20.1. The van der Waals surface area contributed by atoms with E-state index in [0.717, 1.165) is 50.3 Å². The van der Waals surface area contributed by atoms with Gasteiger partial charge in [-0.05, 0) is 95.8 Å². The van der Waals surface area contributed by atoms with E-state index in [1.807, 2.05) is 13.8 Å². The van der Waals surface area contributed by atoms with Crippen molar-refractivity contribution in [2.24, 2.45) is 0 Å². The molecule has 0 fully saturated rings. The highest BCUT2D eigenvalue weighted by Crippen LogP contribution is 2.38. The van der Waals surface area contributed by atoms with Crippen molar-refractivity contribution in [1.82, 2.24) is 0 Å². The molecule has 0 aliphatic heterocycles. The molecule has 32 heavy (non-hydrogen) atoms. The summed E-state index contributed by atoms with van der Waals surface area (Å²) < 4.78 is 14.7. The van der Waals surface area contributed by atoms with Gasteiger partial charge in [-0.15, -0.1) is 12.6 Å². The second-order valence-corrected chi connectivity index (χ2v) is 9.09. The van der Waals surface area contributed by atoms with Crippen LogP contribution in [0, 0.1) is 19.7 Å². The van der Waals surface area contributed by atoms with Gasteiger partial charge in [-0.3, -0.25) is 0 Å². The number of benzene rings is 3. The highest BCUT2D eigenvalue weighted by molar-refractivity contribution is 7.80. The van der Waals surface area contributed by atoms with Crippen LogP contribution < -0.4 is 0 Å². The molecule has 162 valence electrons. The summed E-state index contributed by atoms with van der Waals surface area (Å²) in [7, 11) is 0. The SMILES string of the molecule is CCc1c(C)cc(-c2cc(C)cc(-c3cccc(C4=CC=C(C)CC=C4)c3)c2S)cc1F. The molecule has 0 radical (unpaired) electrons. The second kappa shape index (κ2) is 9.34. The fourth-order valence-electron chi connectivity index (χ4n) is 4.38. The number of thiol groups is 1. The maximum atomic E-state index is 14.7. The molecule has 0 saturated heterocycles. The van der Waals surface area contributed by atoms with Crippen LogP contribution in [0.4, 0.5) is 4.39 Å². The quantitative estimate of drug-likeness (QED) is 0.385. The molecular formula is C30H29FS. The van der Waals surface area contributed by atoms with Gasteiger partial charge in [0.25, 0.3) is 0 Å². The Kier molecular flexibility index (Phi) is 6.53. The third kappa shape index (κ3) is 4.52. The Labute approximate surface area is 196 Å². The Hall–Kier alpha value is -2.84. The van der Waals surface area contributed by atoms with Crippen LogP contribution in [0.2, 0.25) is 0 Å². The number of rotatable bonds is 4. The largest absolute Gasteiger partial charge is 0.207 e. The van der Waals surface area contributed by atoms with Crippen LogP contribution in [0.5, 0.6) is 0 Å². The minimum absolute atomic E-state index is 0.143. The molecule has 3 aromatic carbocycles. The van der Waals surface area contributed by atoms with Crippen molar-refractivity contribution >= 4 is 18.2 Å². The summed E-state index contributed by atoms with van der Waals surface area (Å²) in [6.07, 6.45) is 10.4. The minimum atomic E-state index is -0.143. The molecule has 0 nitrogen and oxygen atoms in total. The molecule has 0 spiro atoms. The minimum Gasteiger partial charge on any atom is -0.207 e. The molecule has 0 N–H and O–H groups in total. The molecule has 1 aliphatic rings. The normalized spacial score (nSPS) is 13.6. The Bertz CT molecular complexity index is 1250. The van der Waals surface area contributed by atoms with Crippen molar-refractivity contribution in [3.63, 3.8) is 0 Å². The zero-order chi connectivity index (χ0) is 22.8. The van der Waals surface area contributed by atoms with Crippen LogP contribution in [0.1, 0.15) is 42.5 Å². The Morgan fingerprint density at radius 3 is 2.31 bits per heavy atom. The molecule has 0 bridgehead atoms. The third-order valence-corrected chi connectivity index (χ3v) is 6.61. The lowest BCUT2D eigenvalue weighted by atomic mass is 9.92. The highest BCUT2D eigenvalue weighted by atomic mass is 32.1. The van der Waals surface area contributed by atoms with Gasteiger partial charge >= 0.3 is 0 Å². The van der Waals surface area contributed by atoms with E-state index in [4.69, 9.17) is 12.6 Å². The summed E-state index contributed by atoms with van der Waals surface area (Å²) in [5.41, 5.74) is 10.6. The van der Waals surface area contributed by atoms with Gasteiger partial charge in [0, 0.05) is 4.90 Å². The summed E-state index contributed by atoms with van der Waals surface area (Å²) in [5.74, 6) is -0.143. The summed E-state index contributed by atoms with van der Waals surface area (Å²) >= 11 is 4.93. The average molecular weight is 441 g/mol. The Morgan fingerprint density at radius 2 is 1.59 bits per heavy atom. The van der Waals surface area contributed by atoms with Crippen LogP contribution >= 0.6 is 12.6 Å². The average Bonchev–Trinajstić information content (AvgIpc) is 2.99. The van der Waals surface area contributed by atoms with Crippen LogP contribution in [0.3, 0.4) is 0 Å². The van der Waals surface area contributed by atoms with E-state index in [9.17, 15) is 4.39 Å². The lowest BCUT2D eigenvalue weighted by molar-refractivity contribution is 0.611. The van der Waals surface area contributed by atoms with Gasteiger partial charge in [0.2, 0.25) is 0 Å². The van der Waals surface area contributed by atoms with Gasteiger partial charge < -0.3 is 0 Å². The third-order valence-electron chi connectivity index (χ3n) is 6.13. The van der Waals surface area contributed by atoms with E-state index in [0.29, 0.717) is 6.42 Å². The first kappa shape index (κ1) is 22.4. The van der Waals surface area contributed by atoms with Gasteiger partial charge in [-0.1, -0.05) is 73.2 Å². The molecule has 0 aromatic heterocycles. The highest BCUT2D eigenvalue weighted by Gasteiger charge is 2.14. The molecule has 0 heterocycles. The van der Waals surface area contributed by atoms with Gasteiger partial charge in [0.1, 0.15) is 5.82 Å². The van der Waals surface area contributed by atoms with Gasteiger partial charge in [0.15, 0.2) is 0 Å². The van der Waals surface area contributed by atoms with Crippen molar-refractivity contribution in [2.45, 2.75) is 45.4 Å². The zero-order valence-electron chi connectivity index (χ0n) is 19.2. The summed E-state index contributed by atoms with van der Waals surface area (Å²) in [5, 5.41) is 0. The van der Waals surface area contributed by atoms with E-state index < -0.39 is 0 Å². The predicted octanol–water partition coefficient (Wildman–Crippen LogP) is 8.92. The lowest BCUT2D eigenvalue weighted by Crippen LogP contribution is -1.95. The molecule has 1 aliphatic carbocycles. The van der Waals surface area contributed by atoms with Crippen molar-refractivity contribution in [2.75, 3.05) is 0 Å². The summed E-state index contributed by atoms with van der Waals surface area (Å²) in [6, 6.07) is 16.6. The number of aryl methyl sites for hydroxylation is 2. The van der Waals surface area contributed by atoms with Crippen LogP contribution in [-0.4, -0.2) is 0 Å². The first-order chi connectivity index (χ1) is 15.4. The van der Waals surface area contributed by atoms with E-state index in [2.05, 4.69) is 80.6 Å². The van der Waals surface area contributed by atoms with E-state index >= 15 is 0 Å². The molecular weight excluding hydrogens is 411 g/mol. The van der Waals surface area contributed by atoms with Crippen LogP contribution in [-0.2, 0) is 6.42 Å². The smallest absolute Gasteiger partial charge is 0.127 e. The number of allylic oxidation sites excluding steroid dienone is 6. The van der Waals surface area contributed by atoms with Crippen molar-refractivity contribution in [3.05, 3.63) is 106 Å². The van der Waals surface area contributed by atoms with Gasteiger partial charge in [-0.2, -0.15) is 0 Å². The molecule has 4 rings (SSSR count). The standard InChI is InChI=1S/C30H29FS/c1-5-26-21(4)16-25(18-29(26)31)28-15-20(3)14-27(30(28)32)24-11-7-10-23(17-24)22-9-6-8-19(2)12-13-22/h6-7,9-18,32H,5,8H2,1-4H3. The number of halogens is 1. The molecule has 2 heteroatoms. The summed E-state index contributed by atoms with van der Waals surface area (Å²) in [6.45, 7) is 8.20. The molecule has 0 atom stereocenters. The molecule has 0 amide bonds. The fourth-order valence-corrected chi connectivity index (χ4v) is 4.77. The topological polar surface area (TPSA) is 0 Å². The summed E-state index contributed by atoms with van der Waals surface area (Å²) in [4.78, 5) is 0.872. The second-order valence-electron chi connectivity index (χ2n) is 8.64. The van der Waals surface area contributed by atoms with Crippen molar-refractivity contribution in [3.8, 4) is 22.3 Å². The van der Waals surface area contributed by atoms with Crippen LogP contribution in [0.25, 0.3) is 27.8 Å². The Balaban J connectivity index is 1.83. The van der Waals surface area contributed by atoms with Crippen molar-refractivity contribution < 1.29 is 4.39 Å². The first-order valence-corrected chi connectivity index (χ1v) is 11.6. The van der Waals surface area contributed by atoms with Crippen molar-refractivity contribution in [1.29, 1.82) is 0 Å². The van der Waals surface area contributed by atoms with E-state index in [-0.39, 0.29) is 5.82 Å². The van der Waals surface area contributed by atoms with E-state index in [1.54, 1.807) is 6.07 Å². The molecule has 3 aromatic rings. The number of hydrogen-bond donors (Lipinski definition) is 1. The maximum Gasteiger partial charge on any atom is 0.127 e. The maximum absolute atomic E-state index is 14.7. The predicted molar refractivity (Wildman–Crippen MR) is 139 cm³/mol. The van der Waals surface area contributed by atoms with Gasteiger partial charge in [-0.25, -0.2) is 4.39 Å². The molecule has 0 unspecified atom stereocenters. The number of hydrogen-bond acceptors (Lipinski definition) is 1. The van der Waals surface area contributed by atoms with E-state index in [1.165, 1.54) is 16.7 Å². The first-order valence-electron chi connectivity index (χ1n) is 11.1.